The zero-order valence-corrected chi connectivity index (χ0v) is 14.7. The first-order chi connectivity index (χ1) is 12.2. The third-order valence-electron chi connectivity index (χ3n) is 4.99. The number of esters is 1. The Morgan fingerprint density at radius 2 is 2.12 bits per heavy atom. The summed E-state index contributed by atoms with van der Waals surface area (Å²) in [5, 5.41) is 1.22. The Hall–Kier alpha value is -2.62. The van der Waals surface area contributed by atoms with Crippen LogP contribution in [0, 0.1) is 0 Å². The van der Waals surface area contributed by atoms with Crippen LogP contribution >= 0.6 is 0 Å². The molecule has 0 radical (unpaired) electrons. The van der Waals surface area contributed by atoms with E-state index < -0.39 is 0 Å². The number of methoxy groups -OCH3 is 1. The van der Waals surface area contributed by atoms with Gasteiger partial charge in [0.25, 0.3) is 0 Å². The van der Waals surface area contributed by atoms with E-state index in [9.17, 15) is 4.79 Å². The van der Waals surface area contributed by atoms with Crippen LogP contribution in [0.4, 0.5) is 0 Å². The molecule has 4 heteroatoms. The largest absolute Gasteiger partial charge is 0.465 e. The number of fused-ring (bicyclic) bond motifs is 1. The van der Waals surface area contributed by atoms with Gasteiger partial charge in [0.1, 0.15) is 0 Å². The van der Waals surface area contributed by atoms with Gasteiger partial charge < -0.3 is 9.30 Å². The van der Waals surface area contributed by atoms with Crippen LogP contribution < -0.4 is 0 Å². The van der Waals surface area contributed by atoms with Gasteiger partial charge in [-0.2, -0.15) is 0 Å². The monoisotopic (exact) mass is 334 g/mol. The second-order valence-electron chi connectivity index (χ2n) is 6.70. The van der Waals surface area contributed by atoms with Crippen LogP contribution in [-0.4, -0.2) is 22.6 Å². The highest BCUT2D eigenvalue weighted by molar-refractivity contribution is 5.91. The number of hydrogen-bond acceptors (Lipinski definition) is 3. The molecule has 0 atom stereocenters. The molecule has 25 heavy (non-hydrogen) atoms. The van der Waals surface area contributed by atoms with Gasteiger partial charge >= 0.3 is 5.97 Å². The van der Waals surface area contributed by atoms with Gasteiger partial charge in [0.05, 0.1) is 18.4 Å². The Labute approximate surface area is 147 Å². The Morgan fingerprint density at radius 1 is 1.28 bits per heavy atom. The van der Waals surface area contributed by atoms with E-state index in [1.54, 1.807) is 0 Å². The molecule has 1 aromatic carbocycles. The minimum atomic E-state index is -0.303. The molecule has 4 nitrogen and oxygen atoms in total. The predicted octanol–water partition coefficient (Wildman–Crippen LogP) is 4.31. The maximum atomic E-state index is 12.2. The summed E-state index contributed by atoms with van der Waals surface area (Å²) in [5.74, 6) is 0.262. The molecule has 3 aromatic rings. The quantitative estimate of drug-likeness (QED) is 0.653. The first kappa shape index (κ1) is 15.9. The molecule has 2 heterocycles. The SMILES string of the molecule is CCn1ccc2cc(Cc3ncc(C4CC4)cc3C(=O)OC)ccc21. The van der Waals surface area contributed by atoms with Crippen molar-refractivity contribution in [2.45, 2.75) is 38.6 Å². The molecule has 1 fully saturated rings. The summed E-state index contributed by atoms with van der Waals surface area (Å²) >= 11 is 0. The lowest BCUT2D eigenvalue weighted by Crippen LogP contribution is -2.09. The lowest BCUT2D eigenvalue weighted by molar-refractivity contribution is 0.0599. The van der Waals surface area contributed by atoms with Crippen LogP contribution in [0.5, 0.6) is 0 Å². The fourth-order valence-corrected chi connectivity index (χ4v) is 3.41. The van der Waals surface area contributed by atoms with Crippen molar-refractivity contribution in [3.63, 3.8) is 0 Å². The number of rotatable bonds is 5. The molecule has 1 aliphatic rings. The molecule has 0 spiro atoms. The van der Waals surface area contributed by atoms with E-state index in [0.717, 1.165) is 23.4 Å². The van der Waals surface area contributed by atoms with E-state index in [1.165, 1.54) is 30.9 Å². The van der Waals surface area contributed by atoms with Gasteiger partial charge in [-0.1, -0.05) is 6.07 Å². The highest BCUT2D eigenvalue weighted by Crippen LogP contribution is 2.40. The fourth-order valence-electron chi connectivity index (χ4n) is 3.41. The Bertz CT molecular complexity index is 938. The lowest BCUT2D eigenvalue weighted by Gasteiger charge is -2.10. The first-order valence-corrected chi connectivity index (χ1v) is 8.84. The Kier molecular flexibility index (Phi) is 4.04. The molecule has 0 aliphatic heterocycles. The number of carbonyl (C=O) groups is 1. The molecule has 0 bridgehead atoms. The van der Waals surface area contributed by atoms with E-state index in [4.69, 9.17) is 4.74 Å². The standard InChI is InChI=1S/C21H22N2O2/c1-3-23-9-8-16-10-14(4-7-20(16)23)11-19-18(21(24)25-2)12-17(13-22-19)15-5-6-15/h4,7-10,12-13,15H,3,5-6,11H2,1-2H3. The van der Waals surface area contributed by atoms with E-state index >= 15 is 0 Å². The number of ether oxygens (including phenoxy) is 1. The van der Waals surface area contributed by atoms with E-state index in [-0.39, 0.29) is 5.97 Å². The minimum absolute atomic E-state index is 0.303. The number of carbonyl (C=O) groups excluding carboxylic acids is 1. The molecule has 4 rings (SSSR count). The number of hydrogen-bond donors (Lipinski definition) is 0. The van der Waals surface area contributed by atoms with Crippen LogP contribution in [-0.2, 0) is 17.7 Å². The average Bonchev–Trinajstić information content (AvgIpc) is 3.41. The molecular formula is C21H22N2O2. The number of aromatic nitrogens is 2. The zero-order valence-electron chi connectivity index (χ0n) is 14.7. The number of aryl methyl sites for hydroxylation is 1. The third kappa shape index (κ3) is 3.04. The minimum Gasteiger partial charge on any atom is -0.465 e. The molecule has 1 saturated carbocycles. The zero-order chi connectivity index (χ0) is 17.4. The van der Waals surface area contributed by atoms with Crippen LogP contribution in [0.3, 0.4) is 0 Å². The Morgan fingerprint density at radius 3 is 2.84 bits per heavy atom. The van der Waals surface area contributed by atoms with Crippen LogP contribution in [0.15, 0.2) is 42.7 Å². The van der Waals surface area contributed by atoms with Gasteiger partial charge in [-0.25, -0.2) is 4.79 Å². The van der Waals surface area contributed by atoms with Crippen molar-refractivity contribution in [2.75, 3.05) is 7.11 Å². The number of pyridine rings is 1. The van der Waals surface area contributed by atoms with Crippen LogP contribution in [0.2, 0.25) is 0 Å². The second-order valence-corrected chi connectivity index (χ2v) is 6.70. The summed E-state index contributed by atoms with van der Waals surface area (Å²) in [6, 6.07) is 10.5. The van der Waals surface area contributed by atoms with Crippen LogP contribution in [0.25, 0.3) is 10.9 Å². The number of nitrogens with zero attached hydrogens (tertiary/aromatic N) is 2. The fraction of sp³-hybridized carbons (Fsp3) is 0.333. The molecule has 128 valence electrons. The second kappa shape index (κ2) is 6.36. The third-order valence-corrected chi connectivity index (χ3v) is 4.99. The topological polar surface area (TPSA) is 44.1 Å². The van der Waals surface area contributed by atoms with Crippen molar-refractivity contribution in [1.82, 2.24) is 9.55 Å². The average molecular weight is 334 g/mol. The van der Waals surface area contributed by atoms with Crippen molar-refractivity contribution in [3.05, 3.63) is 65.1 Å². The summed E-state index contributed by atoms with van der Waals surface area (Å²) in [5.41, 5.74) is 4.91. The van der Waals surface area contributed by atoms with Crippen molar-refractivity contribution in [3.8, 4) is 0 Å². The van der Waals surface area contributed by atoms with Gasteiger partial charge in [-0.05, 0) is 66.5 Å². The Balaban J connectivity index is 1.68. The molecule has 1 aliphatic carbocycles. The first-order valence-electron chi connectivity index (χ1n) is 8.84. The number of benzene rings is 1. The summed E-state index contributed by atoms with van der Waals surface area (Å²) in [4.78, 5) is 16.8. The molecular weight excluding hydrogens is 312 g/mol. The van der Waals surface area contributed by atoms with Gasteiger partial charge in [0.15, 0.2) is 0 Å². The highest BCUT2D eigenvalue weighted by Gasteiger charge is 2.26. The summed E-state index contributed by atoms with van der Waals surface area (Å²) in [6.45, 7) is 3.10. The van der Waals surface area contributed by atoms with Crippen molar-refractivity contribution in [2.24, 2.45) is 0 Å². The van der Waals surface area contributed by atoms with Gasteiger partial charge in [-0.3, -0.25) is 4.98 Å². The molecule has 2 aromatic heterocycles. The summed E-state index contributed by atoms with van der Waals surface area (Å²) < 4.78 is 7.20. The lowest BCUT2D eigenvalue weighted by atomic mass is 10.0. The van der Waals surface area contributed by atoms with Gasteiger partial charge in [0.2, 0.25) is 0 Å². The highest BCUT2D eigenvalue weighted by atomic mass is 16.5. The van der Waals surface area contributed by atoms with Crippen LogP contribution in [0.1, 0.15) is 52.9 Å². The smallest absolute Gasteiger partial charge is 0.339 e. The van der Waals surface area contributed by atoms with E-state index in [2.05, 4.69) is 46.9 Å². The maximum Gasteiger partial charge on any atom is 0.339 e. The normalized spacial score (nSPS) is 14.0. The summed E-state index contributed by atoms with van der Waals surface area (Å²) in [7, 11) is 1.43. The van der Waals surface area contributed by atoms with Crippen molar-refractivity contribution in [1.29, 1.82) is 0 Å². The molecule has 0 amide bonds. The molecule has 0 saturated heterocycles. The van der Waals surface area contributed by atoms with E-state index in [1.807, 2.05) is 12.3 Å². The van der Waals surface area contributed by atoms with Gasteiger partial charge in [-0.15, -0.1) is 0 Å². The predicted molar refractivity (Wildman–Crippen MR) is 98.0 cm³/mol. The van der Waals surface area contributed by atoms with Gasteiger partial charge in [0, 0.05) is 30.9 Å². The van der Waals surface area contributed by atoms with E-state index in [0.29, 0.717) is 17.9 Å². The van der Waals surface area contributed by atoms with Crippen molar-refractivity contribution >= 4 is 16.9 Å². The molecule has 0 unspecified atom stereocenters. The molecule has 0 N–H and O–H groups in total. The maximum absolute atomic E-state index is 12.2. The summed E-state index contributed by atoms with van der Waals surface area (Å²) in [6.07, 6.45) is 7.03. The van der Waals surface area contributed by atoms with Crippen molar-refractivity contribution < 1.29 is 9.53 Å².